The van der Waals surface area contributed by atoms with Crippen molar-refractivity contribution >= 4 is 11.9 Å². The highest BCUT2D eigenvalue weighted by atomic mass is 19.1. The Balaban J connectivity index is 1.99. The van der Waals surface area contributed by atoms with Crippen LogP contribution >= 0.6 is 0 Å². The fourth-order valence-corrected chi connectivity index (χ4v) is 2.38. The van der Waals surface area contributed by atoms with Crippen LogP contribution in [0.2, 0.25) is 0 Å². The number of hydrogen-bond donors (Lipinski definition) is 1. The Morgan fingerprint density at radius 2 is 2.30 bits per heavy atom. The molecular formula is C15H22FN3O4. The molecule has 1 aromatic rings. The second-order valence-corrected chi connectivity index (χ2v) is 5.57. The average molecular weight is 327 g/mol. The summed E-state index contributed by atoms with van der Waals surface area (Å²) in [5, 5.41) is 2.15. The number of halogens is 1. The summed E-state index contributed by atoms with van der Waals surface area (Å²) in [6, 6.07) is 0. The lowest BCUT2D eigenvalue weighted by Crippen LogP contribution is -2.29. The quantitative estimate of drug-likeness (QED) is 0.812. The molecule has 2 heterocycles. The van der Waals surface area contributed by atoms with E-state index in [9.17, 15) is 14.0 Å². The highest BCUT2D eigenvalue weighted by molar-refractivity contribution is 5.83. The van der Waals surface area contributed by atoms with Gasteiger partial charge in [0.15, 0.2) is 11.6 Å². The molecule has 1 N–H and O–H groups in total. The second kappa shape index (κ2) is 8.05. The number of nitrogens with zero attached hydrogens (tertiary/aromatic N) is 2. The molecule has 8 heteroatoms. The maximum Gasteiger partial charge on any atom is 0.412 e. The fraction of sp³-hybridized carbons (Fsp3) is 0.667. The number of hydrogen-bond acceptors (Lipinski definition) is 5. The first kappa shape index (κ1) is 17.4. The normalized spacial score (nSPS) is 20.5. The van der Waals surface area contributed by atoms with E-state index in [1.54, 1.807) is 0 Å². The standard InChI is InChI=1S/C15H22FN3O4/c1-3-4-5-8-22-15(21)18-13-11(16)9-19(14(20)17-13)12-7-6-10(2)23-12/h9-10,12H,3-8H2,1-2H3,(H,17,18,20,21)/t10?,12-/m1/s1. The van der Waals surface area contributed by atoms with Gasteiger partial charge in [0.25, 0.3) is 0 Å². The molecule has 0 aromatic carbocycles. The van der Waals surface area contributed by atoms with Crippen molar-refractivity contribution in [1.82, 2.24) is 9.55 Å². The lowest BCUT2D eigenvalue weighted by atomic mass is 10.2. The smallest absolute Gasteiger partial charge is 0.412 e. The first-order valence-electron chi connectivity index (χ1n) is 7.89. The lowest BCUT2D eigenvalue weighted by Gasteiger charge is -2.15. The van der Waals surface area contributed by atoms with Crippen molar-refractivity contribution in [2.75, 3.05) is 11.9 Å². The summed E-state index contributed by atoms with van der Waals surface area (Å²) in [5.41, 5.74) is -0.674. The number of carbonyl (C=O) groups is 1. The second-order valence-electron chi connectivity index (χ2n) is 5.57. The predicted octanol–water partition coefficient (Wildman–Crippen LogP) is 2.82. The minimum absolute atomic E-state index is 0.0193. The van der Waals surface area contributed by atoms with Crippen LogP contribution in [0.3, 0.4) is 0 Å². The van der Waals surface area contributed by atoms with Crippen LogP contribution in [-0.4, -0.2) is 28.4 Å². The molecule has 2 atom stereocenters. The zero-order chi connectivity index (χ0) is 16.8. The van der Waals surface area contributed by atoms with Crippen molar-refractivity contribution in [3.05, 3.63) is 22.5 Å². The Bertz CT molecular complexity index is 605. The average Bonchev–Trinajstić information content (AvgIpc) is 2.93. The zero-order valence-corrected chi connectivity index (χ0v) is 13.4. The molecule has 1 aliphatic heterocycles. The third-order valence-corrected chi connectivity index (χ3v) is 3.63. The van der Waals surface area contributed by atoms with Crippen LogP contribution in [0, 0.1) is 5.82 Å². The molecule has 2 rings (SSSR count). The van der Waals surface area contributed by atoms with Crippen LogP contribution in [-0.2, 0) is 9.47 Å². The van der Waals surface area contributed by atoms with Crippen molar-refractivity contribution in [2.45, 2.75) is 58.3 Å². The van der Waals surface area contributed by atoms with Gasteiger partial charge in [-0.1, -0.05) is 19.8 Å². The zero-order valence-electron chi connectivity index (χ0n) is 13.4. The SMILES string of the molecule is CCCCCOC(=O)Nc1nc(=O)n([C@H]2CCC(C)O2)cc1F. The van der Waals surface area contributed by atoms with E-state index in [1.165, 1.54) is 0 Å². The molecule has 0 radical (unpaired) electrons. The molecule has 1 saturated heterocycles. The summed E-state index contributed by atoms with van der Waals surface area (Å²) in [5.74, 6) is -1.24. The molecule has 0 bridgehead atoms. The summed E-state index contributed by atoms with van der Waals surface area (Å²) in [6.07, 6.45) is 3.77. The van der Waals surface area contributed by atoms with Gasteiger partial charge in [0, 0.05) is 0 Å². The van der Waals surface area contributed by atoms with E-state index in [0.29, 0.717) is 6.42 Å². The molecule has 23 heavy (non-hydrogen) atoms. The Morgan fingerprint density at radius 1 is 1.52 bits per heavy atom. The Morgan fingerprint density at radius 3 is 2.96 bits per heavy atom. The summed E-state index contributed by atoms with van der Waals surface area (Å²) in [4.78, 5) is 27.1. The highest BCUT2D eigenvalue weighted by Crippen LogP contribution is 2.26. The Hall–Kier alpha value is -1.96. The summed E-state index contributed by atoms with van der Waals surface area (Å²) in [7, 11) is 0. The van der Waals surface area contributed by atoms with Crippen molar-refractivity contribution in [1.29, 1.82) is 0 Å². The van der Waals surface area contributed by atoms with Crippen molar-refractivity contribution in [3.8, 4) is 0 Å². The van der Waals surface area contributed by atoms with E-state index in [2.05, 4.69) is 10.3 Å². The first-order valence-corrected chi connectivity index (χ1v) is 7.89. The summed E-state index contributed by atoms with van der Waals surface area (Å²) in [6.45, 7) is 4.16. The molecule has 7 nitrogen and oxygen atoms in total. The molecule has 1 aromatic heterocycles. The van der Waals surface area contributed by atoms with Gasteiger partial charge in [-0.2, -0.15) is 4.98 Å². The number of unbranched alkanes of at least 4 members (excludes halogenated alkanes) is 2. The molecule has 0 saturated carbocycles. The number of ether oxygens (including phenoxy) is 2. The van der Waals surface area contributed by atoms with Crippen LogP contribution in [0.25, 0.3) is 0 Å². The number of amides is 1. The third-order valence-electron chi connectivity index (χ3n) is 3.63. The number of anilines is 1. The molecule has 1 unspecified atom stereocenters. The molecular weight excluding hydrogens is 305 g/mol. The molecule has 0 aliphatic carbocycles. The van der Waals surface area contributed by atoms with Gasteiger partial charge in [0.1, 0.15) is 6.23 Å². The largest absolute Gasteiger partial charge is 0.449 e. The van der Waals surface area contributed by atoms with Crippen molar-refractivity contribution in [3.63, 3.8) is 0 Å². The van der Waals surface area contributed by atoms with E-state index in [4.69, 9.17) is 9.47 Å². The van der Waals surface area contributed by atoms with Gasteiger partial charge in [-0.05, 0) is 26.2 Å². The minimum Gasteiger partial charge on any atom is -0.449 e. The summed E-state index contributed by atoms with van der Waals surface area (Å²) < 4.78 is 25.6. The van der Waals surface area contributed by atoms with Gasteiger partial charge in [0.2, 0.25) is 0 Å². The molecule has 0 spiro atoms. The third kappa shape index (κ3) is 4.75. The molecule has 128 valence electrons. The van der Waals surface area contributed by atoms with Gasteiger partial charge in [0.05, 0.1) is 18.9 Å². The van der Waals surface area contributed by atoms with Crippen LogP contribution in [0.1, 0.15) is 52.2 Å². The van der Waals surface area contributed by atoms with Gasteiger partial charge < -0.3 is 9.47 Å². The fourth-order valence-electron chi connectivity index (χ4n) is 2.38. The van der Waals surface area contributed by atoms with Crippen LogP contribution in [0.15, 0.2) is 11.0 Å². The number of rotatable bonds is 6. The van der Waals surface area contributed by atoms with Crippen LogP contribution in [0.4, 0.5) is 15.0 Å². The van der Waals surface area contributed by atoms with Gasteiger partial charge >= 0.3 is 11.8 Å². The van der Waals surface area contributed by atoms with E-state index in [1.807, 2.05) is 13.8 Å². The number of nitrogens with one attached hydrogen (secondary N) is 1. The topological polar surface area (TPSA) is 82.5 Å². The number of aromatic nitrogens is 2. The van der Waals surface area contributed by atoms with Crippen molar-refractivity contribution < 1.29 is 18.7 Å². The maximum absolute atomic E-state index is 14.0. The number of carbonyl (C=O) groups excluding carboxylic acids is 1. The van der Waals surface area contributed by atoms with E-state index in [0.717, 1.165) is 36.4 Å². The summed E-state index contributed by atoms with van der Waals surface area (Å²) >= 11 is 0. The van der Waals surface area contributed by atoms with Crippen LogP contribution in [0.5, 0.6) is 0 Å². The molecule has 1 amide bonds. The predicted molar refractivity (Wildman–Crippen MR) is 81.8 cm³/mol. The maximum atomic E-state index is 14.0. The molecule has 1 aliphatic rings. The van der Waals surface area contributed by atoms with Gasteiger partial charge in [-0.15, -0.1) is 0 Å². The van der Waals surface area contributed by atoms with Gasteiger partial charge in [-0.25, -0.2) is 14.0 Å². The Kier molecular flexibility index (Phi) is 6.09. The first-order chi connectivity index (χ1) is 11.0. The minimum atomic E-state index is -0.824. The highest BCUT2D eigenvalue weighted by Gasteiger charge is 2.25. The lowest BCUT2D eigenvalue weighted by molar-refractivity contribution is 0.00746. The van der Waals surface area contributed by atoms with E-state index >= 15 is 0 Å². The Labute approximate surface area is 133 Å². The van der Waals surface area contributed by atoms with Crippen LogP contribution < -0.4 is 11.0 Å². The van der Waals surface area contributed by atoms with E-state index in [-0.39, 0.29) is 12.7 Å². The monoisotopic (exact) mass is 327 g/mol. The van der Waals surface area contributed by atoms with Crippen molar-refractivity contribution in [2.24, 2.45) is 0 Å². The van der Waals surface area contributed by atoms with Gasteiger partial charge in [-0.3, -0.25) is 9.88 Å². The molecule has 1 fully saturated rings. The van der Waals surface area contributed by atoms with E-state index < -0.39 is 29.6 Å².